The van der Waals surface area contributed by atoms with E-state index in [2.05, 4.69) is 26.3 Å². The highest BCUT2D eigenvalue weighted by Gasteiger charge is 2.34. The first-order valence-electron chi connectivity index (χ1n) is 8.91. The Balaban J connectivity index is 1.79. The number of rotatable bonds is 6. The Morgan fingerprint density at radius 2 is 2.19 bits per heavy atom. The van der Waals surface area contributed by atoms with Crippen LogP contribution in [0.2, 0.25) is 0 Å². The molecule has 0 radical (unpaired) electrons. The molecule has 0 spiro atoms. The monoisotopic (exact) mass is 434 g/mol. The lowest BCUT2D eigenvalue weighted by atomic mass is 10.1. The van der Waals surface area contributed by atoms with E-state index < -0.39 is 6.04 Å². The highest BCUT2D eigenvalue weighted by Crippen LogP contribution is 2.26. The maximum Gasteiger partial charge on any atom is 0.243 e. The lowest BCUT2D eigenvalue weighted by Gasteiger charge is -2.33. The van der Waals surface area contributed by atoms with Gasteiger partial charge in [-0.1, -0.05) is 22.9 Å². The zero-order chi connectivity index (χ0) is 19.6. The molecule has 0 fully saturated rings. The Bertz CT molecular complexity index is 865. The minimum Gasteiger partial charge on any atom is -0.496 e. The summed E-state index contributed by atoms with van der Waals surface area (Å²) in [6.45, 7) is 4.65. The van der Waals surface area contributed by atoms with E-state index in [1.54, 1.807) is 16.7 Å². The lowest BCUT2D eigenvalue weighted by molar-refractivity contribution is -0.127. The second-order valence-electron chi connectivity index (χ2n) is 6.48. The van der Waals surface area contributed by atoms with Crippen molar-refractivity contribution in [3.05, 3.63) is 40.0 Å². The second kappa shape index (κ2) is 8.12. The number of aryl methyl sites for hydroxylation is 2. The maximum atomic E-state index is 12.9. The third-order valence-corrected chi connectivity index (χ3v) is 5.12. The van der Waals surface area contributed by atoms with Crippen molar-refractivity contribution in [1.29, 1.82) is 0 Å². The molecule has 2 heterocycles. The molecular weight excluding hydrogens is 412 g/mol. The number of anilines is 1. The van der Waals surface area contributed by atoms with Gasteiger partial charge < -0.3 is 10.1 Å². The highest BCUT2D eigenvalue weighted by atomic mass is 79.9. The lowest BCUT2D eigenvalue weighted by Crippen LogP contribution is -2.52. The first-order chi connectivity index (χ1) is 12.9. The van der Waals surface area contributed by atoms with E-state index >= 15 is 0 Å². The molecule has 2 amide bonds. The number of carbonyl (C=O) groups is 2. The molecule has 0 saturated carbocycles. The van der Waals surface area contributed by atoms with Crippen LogP contribution in [0.5, 0.6) is 5.75 Å². The van der Waals surface area contributed by atoms with E-state index in [0.29, 0.717) is 37.5 Å². The van der Waals surface area contributed by atoms with Crippen molar-refractivity contribution in [1.82, 2.24) is 15.1 Å². The second-order valence-corrected chi connectivity index (χ2v) is 7.39. The molecule has 0 aliphatic carbocycles. The molecular formula is C19H23BrN4O3. The average molecular weight is 435 g/mol. The van der Waals surface area contributed by atoms with Gasteiger partial charge in [-0.25, -0.2) is 4.68 Å². The Kier molecular flexibility index (Phi) is 5.84. The van der Waals surface area contributed by atoms with Gasteiger partial charge in [-0.15, -0.1) is 0 Å². The van der Waals surface area contributed by atoms with Crippen molar-refractivity contribution in [2.24, 2.45) is 0 Å². The topological polar surface area (TPSA) is 76.5 Å². The van der Waals surface area contributed by atoms with E-state index in [9.17, 15) is 9.59 Å². The minimum atomic E-state index is -0.578. The summed E-state index contributed by atoms with van der Waals surface area (Å²) in [5.74, 6) is 1.14. The van der Waals surface area contributed by atoms with Crippen molar-refractivity contribution in [3.63, 3.8) is 0 Å². The number of hydrogen-bond acceptors (Lipinski definition) is 4. The van der Waals surface area contributed by atoms with E-state index in [4.69, 9.17) is 4.74 Å². The predicted octanol–water partition coefficient (Wildman–Crippen LogP) is 2.79. The molecule has 0 saturated heterocycles. The van der Waals surface area contributed by atoms with Crippen LogP contribution < -0.4 is 15.0 Å². The molecule has 1 N–H and O–H groups in total. The number of benzene rings is 1. The van der Waals surface area contributed by atoms with Crippen LogP contribution in [-0.4, -0.2) is 34.7 Å². The van der Waals surface area contributed by atoms with Gasteiger partial charge >= 0.3 is 0 Å². The van der Waals surface area contributed by atoms with Crippen LogP contribution in [0.25, 0.3) is 0 Å². The van der Waals surface area contributed by atoms with Gasteiger partial charge in [-0.2, -0.15) is 5.10 Å². The number of methoxy groups -OCH3 is 1. The normalized spacial score (nSPS) is 14.7. The summed E-state index contributed by atoms with van der Waals surface area (Å²) in [6.07, 6.45) is 0.856. The molecule has 1 unspecified atom stereocenters. The van der Waals surface area contributed by atoms with Crippen molar-refractivity contribution in [2.45, 2.75) is 45.8 Å². The zero-order valence-electron chi connectivity index (χ0n) is 15.7. The van der Waals surface area contributed by atoms with Crippen LogP contribution in [0.15, 0.2) is 28.7 Å². The van der Waals surface area contributed by atoms with E-state index in [-0.39, 0.29) is 11.8 Å². The Hall–Kier alpha value is -2.35. The van der Waals surface area contributed by atoms with Crippen molar-refractivity contribution < 1.29 is 14.3 Å². The molecule has 1 aromatic carbocycles. The number of halogens is 1. The third kappa shape index (κ3) is 4.00. The SMILES string of the molecule is CCC(C(=O)NCc1cc(Br)ccc1OC)N1C(=O)CCn2nc(C)cc21. The molecule has 0 bridgehead atoms. The Morgan fingerprint density at radius 1 is 1.41 bits per heavy atom. The first-order valence-corrected chi connectivity index (χ1v) is 9.70. The first kappa shape index (κ1) is 19.4. The number of aromatic nitrogens is 2. The van der Waals surface area contributed by atoms with Gasteiger partial charge in [-0.05, 0) is 31.5 Å². The van der Waals surface area contributed by atoms with Crippen molar-refractivity contribution in [3.8, 4) is 5.75 Å². The van der Waals surface area contributed by atoms with Crippen LogP contribution in [0.1, 0.15) is 31.0 Å². The summed E-state index contributed by atoms with van der Waals surface area (Å²) in [5, 5.41) is 7.35. The number of hydrogen-bond donors (Lipinski definition) is 1. The maximum absolute atomic E-state index is 12.9. The zero-order valence-corrected chi connectivity index (χ0v) is 17.2. The van der Waals surface area contributed by atoms with Gasteiger partial charge in [0, 0.05) is 29.1 Å². The Morgan fingerprint density at radius 3 is 2.89 bits per heavy atom. The number of fused-ring (bicyclic) bond motifs is 1. The predicted molar refractivity (Wildman–Crippen MR) is 106 cm³/mol. The van der Waals surface area contributed by atoms with Gasteiger partial charge in [-0.3, -0.25) is 14.5 Å². The number of nitrogens with zero attached hydrogens (tertiary/aromatic N) is 3. The molecule has 8 heteroatoms. The van der Waals surface area contributed by atoms with Gasteiger partial charge in [0.1, 0.15) is 17.6 Å². The van der Waals surface area contributed by atoms with Crippen LogP contribution in [-0.2, 0) is 22.7 Å². The van der Waals surface area contributed by atoms with Crippen LogP contribution >= 0.6 is 15.9 Å². The molecule has 144 valence electrons. The molecule has 1 atom stereocenters. The third-order valence-electron chi connectivity index (χ3n) is 4.63. The average Bonchev–Trinajstić information content (AvgIpc) is 3.03. The number of ether oxygens (including phenoxy) is 1. The summed E-state index contributed by atoms with van der Waals surface area (Å²) in [6, 6.07) is 6.91. The molecule has 2 aromatic rings. The van der Waals surface area contributed by atoms with Gasteiger partial charge in [0.25, 0.3) is 0 Å². The number of nitrogens with one attached hydrogen (secondary N) is 1. The van der Waals surface area contributed by atoms with Gasteiger partial charge in [0.15, 0.2) is 0 Å². The quantitative estimate of drug-likeness (QED) is 0.757. The summed E-state index contributed by atoms with van der Waals surface area (Å²) in [7, 11) is 1.60. The largest absolute Gasteiger partial charge is 0.496 e. The van der Waals surface area contributed by atoms with E-state index in [0.717, 1.165) is 15.7 Å². The fraction of sp³-hybridized carbons (Fsp3) is 0.421. The summed E-state index contributed by atoms with van der Waals surface area (Å²) in [4.78, 5) is 27.1. The van der Waals surface area contributed by atoms with Gasteiger partial charge in [0.05, 0.1) is 19.3 Å². The number of amides is 2. The minimum absolute atomic E-state index is 0.0514. The Labute approximate surface area is 166 Å². The standard InChI is InChI=1S/C19H23BrN4O3/c1-4-15(24-17-9-12(2)22-23(17)8-7-18(24)25)19(26)21-11-13-10-14(20)5-6-16(13)27-3/h5-6,9-10,15H,4,7-8,11H2,1-3H3,(H,21,26). The smallest absolute Gasteiger partial charge is 0.243 e. The molecule has 1 aliphatic heterocycles. The van der Waals surface area contributed by atoms with Crippen LogP contribution in [0.4, 0.5) is 5.82 Å². The molecule has 1 aromatic heterocycles. The van der Waals surface area contributed by atoms with E-state index in [1.807, 2.05) is 38.1 Å². The fourth-order valence-corrected chi connectivity index (χ4v) is 3.75. The molecule has 3 rings (SSSR count). The fourth-order valence-electron chi connectivity index (χ4n) is 3.34. The number of carbonyl (C=O) groups excluding carboxylic acids is 2. The summed E-state index contributed by atoms with van der Waals surface area (Å²) >= 11 is 3.44. The molecule has 27 heavy (non-hydrogen) atoms. The summed E-state index contributed by atoms with van der Waals surface area (Å²) in [5.41, 5.74) is 1.69. The van der Waals surface area contributed by atoms with E-state index in [1.165, 1.54) is 0 Å². The van der Waals surface area contributed by atoms with Crippen LogP contribution in [0.3, 0.4) is 0 Å². The van der Waals surface area contributed by atoms with Crippen molar-refractivity contribution >= 4 is 33.6 Å². The van der Waals surface area contributed by atoms with Crippen LogP contribution in [0, 0.1) is 6.92 Å². The molecule has 1 aliphatic rings. The molecule has 7 nitrogen and oxygen atoms in total. The summed E-state index contributed by atoms with van der Waals surface area (Å²) < 4.78 is 8.06. The highest BCUT2D eigenvalue weighted by molar-refractivity contribution is 9.10. The van der Waals surface area contributed by atoms with Gasteiger partial charge in [0.2, 0.25) is 11.8 Å². The van der Waals surface area contributed by atoms with Crippen molar-refractivity contribution in [2.75, 3.05) is 12.0 Å².